The smallest absolute Gasteiger partial charge is 0.137 e. The van der Waals surface area contributed by atoms with Gasteiger partial charge in [-0.05, 0) is 111 Å². The molecule has 286 valence electrons. The molecule has 0 saturated carbocycles. The summed E-state index contributed by atoms with van der Waals surface area (Å²) in [6.45, 7) is 0. The van der Waals surface area contributed by atoms with Crippen molar-refractivity contribution in [3.05, 3.63) is 231 Å². The Morgan fingerprint density at radius 2 is 0.885 bits per heavy atom. The first-order valence-electron chi connectivity index (χ1n) is 20.8. The molecule has 3 heteroatoms. The molecule has 12 aromatic rings. The standard InChI is InChI=1S/C58H38N2O/c1-2-14-41-35-44(28-27-39(41)13-1)43-16-12-18-47(37-43)59(48-33-34-53-52-22-6-10-26-57(52)61-58(53)38-48)46-31-29-40(30-32-46)42-15-11-17-45(36-42)49-19-3-7-23-54(49)60-55-24-8-4-20-50(55)51-21-5-9-25-56(51)60/h1-38H. The minimum Gasteiger partial charge on any atom is -0.456 e. The molecule has 0 saturated heterocycles. The number of hydrogen-bond donors (Lipinski definition) is 0. The zero-order chi connectivity index (χ0) is 40.3. The monoisotopic (exact) mass is 778 g/mol. The first kappa shape index (κ1) is 34.9. The fourth-order valence-corrected chi connectivity index (χ4v) is 9.26. The Hall–Kier alpha value is -8.14. The quantitative estimate of drug-likeness (QED) is 0.161. The molecule has 0 aliphatic carbocycles. The molecule has 0 spiro atoms. The minimum atomic E-state index is 0.865. The van der Waals surface area contributed by atoms with E-state index in [1.165, 1.54) is 49.3 Å². The maximum Gasteiger partial charge on any atom is 0.137 e. The van der Waals surface area contributed by atoms with Gasteiger partial charge in [0.2, 0.25) is 0 Å². The van der Waals surface area contributed by atoms with Gasteiger partial charge in [0, 0.05) is 50.2 Å². The molecular weight excluding hydrogens is 741 g/mol. The molecule has 0 amide bonds. The lowest BCUT2D eigenvalue weighted by atomic mass is 9.97. The predicted molar refractivity (Wildman–Crippen MR) is 257 cm³/mol. The maximum absolute atomic E-state index is 6.42. The van der Waals surface area contributed by atoms with E-state index in [1.54, 1.807) is 0 Å². The van der Waals surface area contributed by atoms with Gasteiger partial charge in [-0.3, -0.25) is 0 Å². The Kier molecular flexibility index (Phi) is 8.17. The van der Waals surface area contributed by atoms with Crippen LogP contribution in [0.4, 0.5) is 17.1 Å². The first-order valence-corrected chi connectivity index (χ1v) is 20.8. The summed E-state index contributed by atoms with van der Waals surface area (Å²) in [6.07, 6.45) is 0. The summed E-state index contributed by atoms with van der Waals surface area (Å²) in [5, 5.41) is 7.22. The lowest BCUT2D eigenvalue weighted by Crippen LogP contribution is -2.10. The number of para-hydroxylation sites is 4. The van der Waals surface area contributed by atoms with Gasteiger partial charge in [-0.15, -0.1) is 0 Å². The Morgan fingerprint density at radius 3 is 1.70 bits per heavy atom. The molecule has 0 unspecified atom stereocenters. The number of rotatable bonds is 7. The fraction of sp³-hybridized carbons (Fsp3) is 0. The van der Waals surface area contributed by atoms with Crippen LogP contribution in [0.5, 0.6) is 0 Å². The van der Waals surface area contributed by atoms with Gasteiger partial charge in [-0.1, -0.05) is 152 Å². The summed E-state index contributed by atoms with van der Waals surface area (Å²) >= 11 is 0. The van der Waals surface area contributed by atoms with Crippen molar-refractivity contribution in [2.24, 2.45) is 0 Å². The van der Waals surface area contributed by atoms with Gasteiger partial charge < -0.3 is 13.9 Å². The molecular formula is C58H38N2O. The molecule has 0 N–H and O–H groups in total. The third-order valence-corrected chi connectivity index (χ3v) is 12.2. The SMILES string of the molecule is c1cc(-c2ccc(N(c3cccc(-c4ccc5ccccc5c4)c3)c3ccc4c(c3)oc3ccccc34)cc2)cc(-c2ccccc2-n2c3ccccc3c3ccccc32)c1. The van der Waals surface area contributed by atoms with Gasteiger partial charge in [-0.2, -0.15) is 0 Å². The van der Waals surface area contributed by atoms with Crippen LogP contribution in [0.15, 0.2) is 235 Å². The highest BCUT2D eigenvalue weighted by atomic mass is 16.3. The summed E-state index contributed by atoms with van der Waals surface area (Å²) in [6, 6.07) is 83.0. The molecule has 0 radical (unpaired) electrons. The van der Waals surface area contributed by atoms with E-state index < -0.39 is 0 Å². The van der Waals surface area contributed by atoms with Crippen LogP contribution in [-0.2, 0) is 0 Å². The Balaban J connectivity index is 0.947. The summed E-state index contributed by atoms with van der Waals surface area (Å²) in [5.41, 5.74) is 15.5. The first-order chi connectivity index (χ1) is 30.2. The van der Waals surface area contributed by atoms with Crippen molar-refractivity contribution < 1.29 is 4.42 Å². The average Bonchev–Trinajstić information content (AvgIpc) is 3.87. The molecule has 2 aromatic heterocycles. The second kappa shape index (κ2) is 14.3. The third kappa shape index (κ3) is 5.98. The summed E-state index contributed by atoms with van der Waals surface area (Å²) in [4.78, 5) is 2.33. The molecule has 0 aliphatic heterocycles. The number of benzene rings is 10. The van der Waals surface area contributed by atoms with Crippen LogP contribution < -0.4 is 4.90 Å². The van der Waals surface area contributed by atoms with Gasteiger partial charge in [0.25, 0.3) is 0 Å². The summed E-state index contributed by atoms with van der Waals surface area (Å²) < 4.78 is 8.83. The molecule has 3 nitrogen and oxygen atoms in total. The van der Waals surface area contributed by atoms with Gasteiger partial charge in [0.05, 0.1) is 16.7 Å². The van der Waals surface area contributed by atoms with E-state index in [1.807, 2.05) is 12.1 Å². The number of anilines is 3. The fourth-order valence-electron chi connectivity index (χ4n) is 9.26. The number of aromatic nitrogens is 1. The predicted octanol–water partition coefficient (Wildman–Crippen LogP) is 16.3. The molecule has 61 heavy (non-hydrogen) atoms. The van der Waals surface area contributed by atoms with E-state index in [2.05, 4.69) is 228 Å². The summed E-state index contributed by atoms with van der Waals surface area (Å²) in [5.74, 6) is 0. The topological polar surface area (TPSA) is 21.3 Å². The van der Waals surface area contributed by atoms with Crippen molar-refractivity contribution >= 4 is 71.6 Å². The van der Waals surface area contributed by atoms with E-state index in [9.17, 15) is 0 Å². The second-order valence-electron chi connectivity index (χ2n) is 15.7. The minimum absolute atomic E-state index is 0.865. The van der Waals surface area contributed by atoms with Gasteiger partial charge in [0.1, 0.15) is 11.2 Å². The normalized spacial score (nSPS) is 11.6. The number of fused-ring (bicyclic) bond motifs is 7. The van der Waals surface area contributed by atoms with Crippen LogP contribution >= 0.6 is 0 Å². The van der Waals surface area contributed by atoms with Crippen molar-refractivity contribution in [1.29, 1.82) is 0 Å². The molecule has 0 aliphatic rings. The van der Waals surface area contributed by atoms with Crippen LogP contribution in [0.1, 0.15) is 0 Å². The van der Waals surface area contributed by atoms with Crippen LogP contribution in [0.3, 0.4) is 0 Å². The Bertz CT molecular complexity index is 3560. The average molecular weight is 779 g/mol. The lowest BCUT2D eigenvalue weighted by Gasteiger charge is -2.26. The van der Waals surface area contributed by atoms with Crippen LogP contribution in [0, 0.1) is 0 Å². The highest BCUT2D eigenvalue weighted by Crippen LogP contribution is 2.42. The van der Waals surface area contributed by atoms with Crippen molar-refractivity contribution in [2.75, 3.05) is 4.90 Å². The van der Waals surface area contributed by atoms with E-state index >= 15 is 0 Å². The van der Waals surface area contributed by atoms with E-state index in [-0.39, 0.29) is 0 Å². The van der Waals surface area contributed by atoms with Crippen LogP contribution in [-0.4, -0.2) is 4.57 Å². The molecule has 2 heterocycles. The molecule has 10 aromatic carbocycles. The van der Waals surface area contributed by atoms with Gasteiger partial charge in [0.15, 0.2) is 0 Å². The second-order valence-corrected chi connectivity index (χ2v) is 15.7. The van der Waals surface area contributed by atoms with Crippen LogP contribution in [0.2, 0.25) is 0 Å². The number of furan rings is 1. The highest BCUT2D eigenvalue weighted by Gasteiger charge is 2.18. The highest BCUT2D eigenvalue weighted by molar-refractivity contribution is 6.10. The Morgan fingerprint density at radius 1 is 0.311 bits per heavy atom. The molecule has 0 fully saturated rings. The maximum atomic E-state index is 6.42. The zero-order valence-electron chi connectivity index (χ0n) is 33.2. The van der Waals surface area contributed by atoms with Crippen molar-refractivity contribution in [3.63, 3.8) is 0 Å². The Labute approximate surface area is 353 Å². The zero-order valence-corrected chi connectivity index (χ0v) is 33.2. The largest absolute Gasteiger partial charge is 0.456 e. The third-order valence-electron chi connectivity index (χ3n) is 12.2. The molecule has 0 bridgehead atoms. The molecule has 12 rings (SSSR count). The van der Waals surface area contributed by atoms with E-state index in [4.69, 9.17) is 4.42 Å². The number of nitrogens with zero attached hydrogens (tertiary/aromatic N) is 2. The van der Waals surface area contributed by atoms with E-state index in [0.717, 1.165) is 61.4 Å². The molecule has 0 atom stereocenters. The summed E-state index contributed by atoms with van der Waals surface area (Å²) in [7, 11) is 0. The number of hydrogen-bond acceptors (Lipinski definition) is 2. The van der Waals surface area contributed by atoms with Gasteiger partial charge in [-0.25, -0.2) is 0 Å². The van der Waals surface area contributed by atoms with Crippen molar-refractivity contribution in [1.82, 2.24) is 4.57 Å². The van der Waals surface area contributed by atoms with Gasteiger partial charge >= 0.3 is 0 Å². The van der Waals surface area contributed by atoms with Crippen molar-refractivity contribution in [2.45, 2.75) is 0 Å². The lowest BCUT2D eigenvalue weighted by molar-refractivity contribution is 0.669. The van der Waals surface area contributed by atoms with Crippen LogP contribution in [0.25, 0.3) is 93.6 Å². The van der Waals surface area contributed by atoms with E-state index in [0.29, 0.717) is 0 Å². The van der Waals surface area contributed by atoms with Crippen molar-refractivity contribution in [3.8, 4) is 39.1 Å².